The molecule has 0 saturated carbocycles. The maximum atomic E-state index is 11.6. The minimum absolute atomic E-state index is 0.236. The van der Waals surface area contributed by atoms with Gasteiger partial charge in [-0.3, -0.25) is 4.79 Å². The Morgan fingerprint density at radius 2 is 2.15 bits per heavy atom. The van der Waals surface area contributed by atoms with Crippen molar-refractivity contribution < 1.29 is 9.21 Å². The summed E-state index contributed by atoms with van der Waals surface area (Å²) in [5.41, 5.74) is 4.50. The molecule has 1 amide bonds. The monoisotopic (exact) mass is 267 g/mol. The molecule has 1 aromatic carbocycles. The zero-order valence-electron chi connectivity index (χ0n) is 10.9. The van der Waals surface area contributed by atoms with Crippen LogP contribution in [0.1, 0.15) is 16.1 Å². The number of rotatable bonds is 3. The van der Waals surface area contributed by atoms with Gasteiger partial charge in [-0.1, -0.05) is 18.2 Å². The number of hydrogen-bond donors (Lipinski definition) is 1. The van der Waals surface area contributed by atoms with Crippen LogP contribution < -0.4 is 5.43 Å². The van der Waals surface area contributed by atoms with E-state index in [0.29, 0.717) is 0 Å². The van der Waals surface area contributed by atoms with Crippen molar-refractivity contribution in [2.75, 3.05) is 0 Å². The molecule has 0 spiro atoms. The van der Waals surface area contributed by atoms with Crippen LogP contribution in [-0.4, -0.2) is 16.7 Å². The molecule has 0 aliphatic heterocycles. The third-order valence-corrected chi connectivity index (χ3v) is 3.04. The molecule has 0 aliphatic rings. The molecule has 5 heteroatoms. The number of hydrazone groups is 1. The Hall–Kier alpha value is -2.82. The van der Waals surface area contributed by atoms with Gasteiger partial charge >= 0.3 is 5.91 Å². The second-order valence-electron chi connectivity index (χ2n) is 4.39. The van der Waals surface area contributed by atoms with Gasteiger partial charge in [-0.25, -0.2) is 5.43 Å². The molecule has 0 fully saturated rings. The van der Waals surface area contributed by atoms with Crippen molar-refractivity contribution in [2.45, 2.75) is 0 Å². The Morgan fingerprint density at radius 3 is 2.95 bits per heavy atom. The van der Waals surface area contributed by atoms with Crippen LogP contribution in [0.5, 0.6) is 0 Å². The number of fused-ring (bicyclic) bond motifs is 1. The normalized spacial score (nSPS) is 11.2. The number of benzene rings is 1. The summed E-state index contributed by atoms with van der Waals surface area (Å²) in [6.45, 7) is 0. The van der Waals surface area contributed by atoms with E-state index < -0.39 is 0 Å². The molecular formula is C15H13N3O2. The van der Waals surface area contributed by atoms with Crippen molar-refractivity contribution in [2.24, 2.45) is 12.1 Å². The van der Waals surface area contributed by atoms with Crippen molar-refractivity contribution in [3.05, 3.63) is 60.2 Å². The average Bonchev–Trinajstić information content (AvgIpc) is 3.09. The van der Waals surface area contributed by atoms with Crippen LogP contribution >= 0.6 is 0 Å². The molecule has 0 bridgehead atoms. The van der Waals surface area contributed by atoms with Gasteiger partial charge in [0, 0.05) is 29.7 Å². The molecule has 100 valence electrons. The lowest BCUT2D eigenvalue weighted by Crippen LogP contribution is -2.16. The average molecular weight is 267 g/mol. The Balaban J connectivity index is 1.80. The van der Waals surface area contributed by atoms with Crippen LogP contribution in [0, 0.1) is 0 Å². The summed E-state index contributed by atoms with van der Waals surface area (Å²) in [6, 6.07) is 11.3. The molecule has 0 atom stereocenters. The zero-order valence-corrected chi connectivity index (χ0v) is 10.9. The van der Waals surface area contributed by atoms with Gasteiger partial charge < -0.3 is 8.98 Å². The maximum absolute atomic E-state index is 11.6. The maximum Gasteiger partial charge on any atom is 0.307 e. The van der Waals surface area contributed by atoms with E-state index in [1.54, 1.807) is 18.3 Å². The predicted octanol–water partition coefficient (Wildman–Crippen LogP) is 2.54. The fraction of sp³-hybridized carbons (Fsp3) is 0.0667. The van der Waals surface area contributed by atoms with Gasteiger partial charge in [0.05, 0.1) is 12.5 Å². The minimum Gasteiger partial charge on any atom is -0.459 e. The van der Waals surface area contributed by atoms with Gasteiger partial charge in [-0.15, -0.1) is 0 Å². The van der Waals surface area contributed by atoms with Crippen molar-refractivity contribution in [1.82, 2.24) is 9.99 Å². The highest BCUT2D eigenvalue weighted by molar-refractivity contribution is 6.00. The molecule has 0 aliphatic carbocycles. The number of para-hydroxylation sites is 1. The van der Waals surface area contributed by atoms with Gasteiger partial charge in [-0.05, 0) is 18.2 Å². The number of carbonyl (C=O) groups is 1. The second kappa shape index (κ2) is 5.05. The first-order valence-corrected chi connectivity index (χ1v) is 6.16. The first kappa shape index (κ1) is 12.2. The molecule has 0 saturated heterocycles. The number of furan rings is 1. The Kier molecular flexibility index (Phi) is 3.09. The van der Waals surface area contributed by atoms with Gasteiger partial charge in [-0.2, -0.15) is 5.10 Å². The van der Waals surface area contributed by atoms with Crippen LogP contribution in [0.3, 0.4) is 0 Å². The molecule has 2 aromatic heterocycles. The second-order valence-corrected chi connectivity index (χ2v) is 4.39. The summed E-state index contributed by atoms with van der Waals surface area (Å²) in [7, 11) is 1.97. The summed E-state index contributed by atoms with van der Waals surface area (Å²) < 4.78 is 7.00. The number of nitrogens with one attached hydrogen (secondary N) is 1. The number of aryl methyl sites for hydroxylation is 1. The third-order valence-electron chi connectivity index (χ3n) is 3.04. The molecular weight excluding hydrogens is 254 g/mol. The van der Waals surface area contributed by atoms with E-state index in [9.17, 15) is 4.79 Å². The van der Waals surface area contributed by atoms with E-state index in [-0.39, 0.29) is 11.7 Å². The van der Waals surface area contributed by atoms with Crippen molar-refractivity contribution >= 4 is 23.0 Å². The van der Waals surface area contributed by atoms with Gasteiger partial charge in [0.25, 0.3) is 0 Å². The van der Waals surface area contributed by atoms with E-state index in [1.165, 1.54) is 6.26 Å². The first-order valence-electron chi connectivity index (χ1n) is 6.16. The van der Waals surface area contributed by atoms with E-state index in [1.807, 2.05) is 42.1 Å². The molecule has 0 unspecified atom stereocenters. The van der Waals surface area contributed by atoms with E-state index >= 15 is 0 Å². The van der Waals surface area contributed by atoms with Crippen LogP contribution in [-0.2, 0) is 7.05 Å². The quantitative estimate of drug-likeness (QED) is 0.585. The van der Waals surface area contributed by atoms with Crippen LogP contribution in [0.2, 0.25) is 0 Å². The fourth-order valence-corrected chi connectivity index (χ4v) is 2.10. The standard InChI is InChI=1S/C15H13N3O2/c1-18-10-11(12-5-2-3-6-13(12)18)9-16-17-15(19)14-7-4-8-20-14/h2-10H,1H3,(H,17,19)/b16-9-. The zero-order chi connectivity index (χ0) is 13.9. The Labute approximate surface area is 115 Å². The van der Waals surface area contributed by atoms with Crippen LogP contribution in [0.15, 0.2) is 58.4 Å². The summed E-state index contributed by atoms with van der Waals surface area (Å²) in [5, 5.41) is 5.05. The van der Waals surface area contributed by atoms with E-state index in [2.05, 4.69) is 10.5 Å². The number of carbonyl (C=O) groups excluding carboxylic acids is 1. The van der Waals surface area contributed by atoms with E-state index in [4.69, 9.17) is 4.42 Å². The number of amides is 1. The largest absolute Gasteiger partial charge is 0.459 e. The topological polar surface area (TPSA) is 59.5 Å². The Morgan fingerprint density at radius 1 is 1.30 bits per heavy atom. The van der Waals surface area contributed by atoms with Crippen LogP contribution in [0.25, 0.3) is 10.9 Å². The van der Waals surface area contributed by atoms with Crippen molar-refractivity contribution in [1.29, 1.82) is 0 Å². The first-order chi connectivity index (χ1) is 9.75. The summed E-state index contributed by atoms with van der Waals surface area (Å²) in [5.74, 6) is -0.133. The molecule has 1 N–H and O–H groups in total. The summed E-state index contributed by atoms with van der Waals surface area (Å²) in [6.07, 6.45) is 5.04. The minimum atomic E-state index is -0.369. The van der Waals surface area contributed by atoms with Gasteiger partial charge in [0.15, 0.2) is 5.76 Å². The van der Waals surface area contributed by atoms with Crippen molar-refractivity contribution in [3.8, 4) is 0 Å². The summed E-state index contributed by atoms with van der Waals surface area (Å²) >= 11 is 0. The van der Waals surface area contributed by atoms with Crippen molar-refractivity contribution in [3.63, 3.8) is 0 Å². The molecule has 3 rings (SSSR count). The van der Waals surface area contributed by atoms with Gasteiger partial charge in [0.1, 0.15) is 0 Å². The number of hydrogen-bond acceptors (Lipinski definition) is 3. The molecule has 20 heavy (non-hydrogen) atoms. The Bertz CT molecular complexity index is 770. The lowest BCUT2D eigenvalue weighted by Gasteiger charge is -1.94. The number of aromatic nitrogens is 1. The molecule has 0 radical (unpaired) electrons. The fourth-order valence-electron chi connectivity index (χ4n) is 2.10. The molecule has 2 heterocycles. The molecule has 5 nitrogen and oxygen atoms in total. The summed E-state index contributed by atoms with van der Waals surface area (Å²) in [4.78, 5) is 11.6. The highest BCUT2D eigenvalue weighted by atomic mass is 16.3. The van der Waals surface area contributed by atoms with E-state index in [0.717, 1.165) is 16.5 Å². The lowest BCUT2D eigenvalue weighted by molar-refractivity contribution is 0.0927. The highest BCUT2D eigenvalue weighted by Crippen LogP contribution is 2.18. The molecule has 3 aromatic rings. The van der Waals surface area contributed by atoms with Crippen LogP contribution in [0.4, 0.5) is 0 Å². The smallest absolute Gasteiger partial charge is 0.307 e. The lowest BCUT2D eigenvalue weighted by atomic mass is 10.2. The third kappa shape index (κ3) is 2.21. The predicted molar refractivity (Wildman–Crippen MR) is 76.7 cm³/mol. The SMILES string of the molecule is Cn1cc(/C=N\NC(=O)c2ccco2)c2ccccc21. The highest BCUT2D eigenvalue weighted by Gasteiger charge is 2.07. The number of nitrogens with zero attached hydrogens (tertiary/aromatic N) is 2. The van der Waals surface area contributed by atoms with Gasteiger partial charge in [0.2, 0.25) is 0 Å².